The average Bonchev–Trinajstić information content (AvgIpc) is 2.68. The second-order valence-corrected chi connectivity index (χ2v) is 7.86. The van der Waals surface area contributed by atoms with Gasteiger partial charge in [-0.25, -0.2) is 0 Å². The maximum Gasteiger partial charge on any atom is 0.00791 e. The van der Waals surface area contributed by atoms with E-state index in [1.165, 1.54) is 43.2 Å². The third-order valence-electron chi connectivity index (χ3n) is 5.11. The minimum atomic E-state index is 0.558. The molecule has 0 amide bonds. The van der Waals surface area contributed by atoms with E-state index in [0.717, 1.165) is 25.9 Å². The largest absolute Gasteiger partial charge is 0.314 e. The first-order valence-corrected chi connectivity index (χ1v) is 10.8. The zero-order chi connectivity index (χ0) is 19.2. The quantitative estimate of drug-likeness (QED) is 0.439. The van der Waals surface area contributed by atoms with Crippen LogP contribution in [0.3, 0.4) is 0 Å². The summed E-state index contributed by atoms with van der Waals surface area (Å²) in [6.07, 6.45) is 8.84. The van der Waals surface area contributed by atoms with Crippen molar-refractivity contribution in [3.63, 3.8) is 0 Å². The monoisotopic (exact) mass is 366 g/mol. The minimum absolute atomic E-state index is 0.558. The molecule has 0 spiro atoms. The van der Waals surface area contributed by atoms with Crippen LogP contribution in [0.2, 0.25) is 0 Å². The van der Waals surface area contributed by atoms with Crippen molar-refractivity contribution in [3.05, 3.63) is 71.8 Å². The van der Waals surface area contributed by atoms with Crippen molar-refractivity contribution in [1.82, 2.24) is 10.6 Å². The summed E-state index contributed by atoms with van der Waals surface area (Å²) in [5.41, 5.74) is 2.85. The number of benzene rings is 2. The maximum atomic E-state index is 3.66. The van der Waals surface area contributed by atoms with Crippen LogP contribution in [0.5, 0.6) is 0 Å². The Morgan fingerprint density at radius 3 is 1.33 bits per heavy atom. The molecule has 0 aromatic heterocycles. The lowest BCUT2D eigenvalue weighted by atomic mass is 10.1. The predicted octanol–water partition coefficient (Wildman–Crippen LogP) is 5.38. The van der Waals surface area contributed by atoms with Gasteiger partial charge >= 0.3 is 0 Å². The summed E-state index contributed by atoms with van der Waals surface area (Å²) in [5, 5.41) is 7.32. The zero-order valence-corrected chi connectivity index (χ0v) is 17.3. The Morgan fingerprint density at radius 1 is 0.556 bits per heavy atom. The first kappa shape index (κ1) is 21.7. The second kappa shape index (κ2) is 13.5. The molecule has 2 heteroatoms. The van der Waals surface area contributed by atoms with Crippen LogP contribution >= 0.6 is 0 Å². The molecule has 0 aliphatic heterocycles. The molecule has 2 rings (SSSR count). The van der Waals surface area contributed by atoms with Gasteiger partial charge in [0.05, 0.1) is 0 Å². The fraction of sp³-hybridized carbons (Fsp3) is 0.520. The summed E-state index contributed by atoms with van der Waals surface area (Å²) in [5.74, 6) is 0. The van der Waals surface area contributed by atoms with E-state index < -0.39 is 0 Å². The third kappa shape index (κ3) is 10.3. The molecule has 0 unspecified atom stereocenters. The number of unbranched alkanes of at least 4 members (excludes halogenated alkanes) is 4. The fourth-order valence-electron chi connectivity index (χ4n) is 3.56. The summed E-state index contributed by atoms with van der Waals surface area (Å²) >= 11 is 0. The normalized spacial score (nSPS) is 13.4. The molecule has 2 nitrogen and oxygen atoms in total. The molecule has 0 fully saturated rings. The van der Waals surface area contributed by atoms with Crippen molar-refractivity contribution in [2.75, 3.05) is 13.1 Å². The summed E-state index contributed by atoms with van der Waals surface area (Å²) in [6.45, 7) is 6.85. The highest BCUT2D eigenvalue weighted by Crippen LogP contribution is 2.06. The van der Waals surface area contributed by atoms with Crippen LogP contribution in [0.1, 0.15) is 57.1 Å². The average molecular weight is 367 g/mol. The lowest BCUT2D eigenvalue weighted by Crippen LogP contribution is -2.29. The van der Waals surface area contributed by atoms with Gasteiger partial charge in [0, 0.05) is 12.1 Å². The maximum absolute atomic E-state index is 3.66. The van der Waals surface area contributed by atoms with Gasteiger partial charge in [-0.1, -0.05) is 79.9 Å². The Morgan fingerprint density at radius 2 is 0.926 bits per heavy atom. The molecule has 0 saturated carbocycles. The standard InChI is InChI=1S/C25H38N2/c1-22(20-24-14-8-6-9-15-24)26-18-12-4-3-5-13-19-27-23(2)21-25-16-10-7-11-17-25/h6-11,14-17,22-23,26-27H,3-5,12-13,18-21H2,1-2H3/t22-,23+. The number of nitrogens with one attached hydrogen (secondary N) is 2. The Labute approximate surface area is 166 Å². The van der Waals surface area contributed by atoms with Gasteiger partial charge in [0.15, 0.2) is 0 Å². The van der Waals surface area contributed by atoms with Crippen LogP contribution in [0.25, 0.3) is 0 Å². The highest BCUT2D eigenvalue weighted by atomic mass is 14.9. The van der Waals surface area contributed by atoms with E-state index in [1.807, 2.05) is 0 Å². The first-order chi connectivity index (χ1) is 13.2. The van der Waals surface area contributed by atoms with E-state index >= 15 is 0 Å². The third-order valence-corrected chi connectivity index (χ3v) is 5.11. The van der Waals surface area contributed by atoms with Crippen LogP contribution in [0.4, 0.5) is 0 Å². The smallest absolute Gasteiger partial charge is 0.00791 e. The van der Waals surface area contributed by atoms with E-state index in [9.17, 15) is 0 Å². The van der Waals surface area contributed by atoms with Crippen molar-refractivity contribution in [2.45, 2.75) is 70.9 Å². The van der Waals surface area contributed by atoms with Gasteiger partial charge in [-0.05, 0) is 63.7 Å². The fourth-order valence-corrected chi connectivity index (χ4v) is 3.56. The van der Waals surface area contributed by atoms with Crippen molar-refractivity contribution in [2.24, 2.45) is 0 Å². The highest BCUT2D eigenvalue weighted by molar-refractivity contribution is 5.16. The molecule has 0 aliphatic carbocycles. The number of hydrogen-bond acceptors (Lipinski definition) is 2. The number of hydrogen-bond donors (Lipinski definition) is 2. The van der Waals surface area contributed by atoms with Crippen LogP contribution < -0.4 is 10.6 Å². The van der Waals surface area contributed by atoms with E-state index in [1.54, 1.807) is 0 Å². The molecule has 0 aliphatic rings. The number of rotatable bonds is 14. The van der Waals surface area contributed by atoms with Crippen molar-refractivity contribution in [3.8, 4) is 0 Å². The van der Waals surface area contributed by atoms with E-state index in [0.29, 0.717) is 12.1 Å². The molecule has 0 heterocycles. The molecule has 0 bridgehead atoms. The SMILES string of the molecule is C[C@H](Cc1ccccc1)NCCCCCCCN[C@@H](C)Cc1ccccc1. The molecular formula is C25H38N2. The van der Waals surface area contributed by atoms with Gasteiger partial charge in [0.1, 0.15) is 0 Å². The van der Waals surface area contributed by atoms with Gasteiger partial charge in [-0.2, -0.15) is 0 Å². The molecule has 2 aromatic carbocycles. The topological polar surface area (TPSA) is 24.1 Å². The van der Waals surface area contributed by atoms with Crippen LogP contribution in [0, 0.1) is 0 Å². The summed E-state index contributed by atoms with van der Waals surface area (Å²) in [6, 6.07) is 22.6. The molecule has 2 atom stereocenters. The Kier molecular flexibility index (Phi) is 10.8. The van der Waals surface area contributed by atoms with Crippen molar-refractivity contribution >= 4 is 0 Å². The molecule has 2 N–H and O–H groups in total. The van der Waals surface area contributed by atoms with Crippen molar-refractivity contribution in [1.29, 1.82) is 0 Å². The lowest BCUT2D eigenvalue weighted by Gasteiger charge is -2.14. The zero-order valence-electron chi connectivity index (χ0n) is 17.3. The molecule has 27 heavy (non-hydrogen) atoms. The van der Waals surface area contributed by atoms with Crippen molar-refractivity contribution < 1.29 is 0 Å². The lowest BCUT2D eigenvalue weighted by molar-refractivity contribution is 0.495. The van der Waals surface area contributed by atoms with Gasteiger partial charge in [-0.15, -0.1) is 0 Å². The predicted molar refractivity (Wildman–Crippen MR) is 118 cm³/mol. The van der Waals surface area contributed by atoms with Gasteiger partial charge < -0.3 is 10.6 Å². The molecule has 0 saturated heterocycles. The van der Waals surface area contributed by atoms with Crippen LogP contribution in [0.15, 0.2) is 60.7 Å². The van der Waals surface area contributed by atoms with Gasteiger partial charge in [-0.3, -0.25) is 0 Å². The molecule has 148 valence electrons. The van der Waals surface area contributed by atoms with Crippen LogP contribution in [-0.4, -0.2) is 25.2 Å². The van der Waals surface area contributed by atoms with E-state index in [-0.39, 0.29) is 0 Å². The van der Waals surface area contributed by atoms with E-state index in [4.69, 9.17) is 0 Å². The van der Waals surface area contributed by atoms with Crippen LogP contribution in [-0.2, 0) is 12.8 Å². The van der Waals surface area contributed by atoms with Gasteiger partial charge in [0.25, 0.3) is 0 Å². The summed E-state index contributed by atoms with van der Waals surface area (Å²) in [4.78, 5) is 0. The summed E-state index contributed by atoms with van der Waals surface area (Å²) in [7, 11) is 0. The Balaban J connectivity index is 1.39. The highest BCUT2D eigenvalue weighted by Gasteiger charge is 2.03. The molecule has 0 radical (unpaired) electrons. The second-order valence-electron chi connectivity index (χ2n) is 7.86. The van der Waals surface area contributed by atoms with Gasteiger partial charge in [0.2, 0.25) is 0 Å². The first-order valence-electron chi connectivity index (χ1n) is 10.8. The summed E-state index contributed by atoms with van der Waals surface area (Å²) < 4.78 is 0. The minimum Gasteiger partial charge on any atom is -0.314 e. The Hall–Kier alpha value is -1.64. The Bertz CT molecular complexity index is 528. The molecule has 2 aromatic rings. The van der Waals surface area contributed by atoms with E-state index in [2.05, 4.69) is 85.1 Å². The molecular weight excluding hydrogens is 328 g/mol.